The summed E-state index contributed by atoms with van der Waals surface area (Å²) < 4.78 is 13.0. The molecule has 0 radical (unpaired) electrons. The van der Waals surface area contributed by atoms with Crippen LogP contribution in [0.5, 0.6) is 0 Å². The third kappa shape index (κ3) is 2.68. The lowest BCUT2D eigenvalue weighted by atomic mass is 10.3. The fourth-order valence-electron chi connectivity index (χ4n) is 1.47. The van der Waals surface area contributed by atoms with Gasteiger partial charge < -0.3 is 5.32 Å². The molecule has 0 spiro atoms. The van der Waals surface area contributed by atoms with E-state index >= 15 is 0 Å². The average Bonchev–Trinajstić information content (AvgIpc) is 2.65. The summed E-state index contributed by atoms with van der Waals surface area (Å²) in [4.78, 5) is 16.1. The zero-order valence-electron chi connectivity index (χ0n) is 9.75. The number of nitrogens with zero attached hydrogens (tertiary/aromatic N) is 1. The lowest BCUT2D eigenvalue weighted by Crippen LogP contribution is -1.90. The normalized spacial score (nSPS) is 10.4. The van der Waals surface area contributed by atoms with Gasteiger partial charge in [0.1, 0.15) is 5.82 Å². The first-order chi connectivity index (χ1) is 8.47. The molecular formula is C12H10ClFN2OS. The minimum Gasteiger partial charge on any atom is -0.331 e. The van der Waals surface area contributed by atoms with Crippen LogP contribution in [0.4, 0.5) is 15.2 Å². The summed E-state index contributed by atoms with van der Waals surface area (Å²) >= 11 is 6.94. The molecule has 0 aliphatic heterocycles. The molecule has 0 unspecified atom stereocenters. The molecule has 1 aromatic carbocycles. The first-order valence-electron chi connectivity index (χ1n) is 5.18. The Labute approximate surface area is 113 Å². The van der Waals surface area contributed by atoms with Gasteiger partial charge in [0.25, 0.3) is 0 Å². The van der Waals surface area contributed by atoms with Crippen LogP contribution in [-0.4, -0.2) is 10.8 Å². The van der Waals surface area contributed by atoms with E-state index in [4.69, 9.17) is 11.6 Å². The van der Waals surface area contributed by atoms with Gasteiger partial charge in [-0.2, -0.15) is 0 Å². The van der Waals surface area contributed by atoms with Gasteiger partial charge in [-0.1, -0.05) is 22.9 Å². The molecular weight excluding hydrogens is 275 g/mol. The van der Waals surface area contributed by atoms with E-state index in [1.807, 2.05) is 0 Å². The number of carbonyl (C=O) groups excluding carboxylic acids is 1. The molecule has 2 rings (SSSR count). The molecule has 3 nitrogen and oxygen atoms in total. The molecule has 0 amide bonds. The van der Waals surface area contributed by atoms with Crippen molar-refractivity contribution in [2.24, 2.45) is 0 Å². The van der Waals surface area contributed by atoms with E-state index in [-0.39, 0.29) is 10.8 Å². The Kier molecular flexibility index (Phi) is 3.63. The highest BCUT2D eigenvalue weighted by molar-refractivity contribution is 7.17. The largest absolute Gasteiger partial charge is 0.331 e. The number of halogens is 2. The molecule has 1 aromatic heterocycles. The van der Waals surface area contributed by atoms with E-state index in [1.54, 1.807) is 13.0 Å². The summed E-state index contributed by atoms with van der Waals surface area (Å²) in [5.41, 5.74) is 1.31. The van der Waals surface area contributed by atoms with Crippen molar-refractivity contribution in [3.05, 3.63) is 39.6 Å². The first kappa shape index (κ1) is 13.0. The molecule has 94 valence electrons. The number of aromatic nitrogens is 1. The molecule has 2 aromatic rings. The Morgan fingerprint density at radius 2 is 2.22 bits per heavy atom. The Hall–Kier alpha value is -1.46. The van der Waals surface area contributed by atoms with Crippen molar-refractivity contribution < 1.29 is 9.18 Å². The number of benzene rings is 1. The number of aryl methyl sites for hydroxylation is 1. The second-order valence-electron chi connectivity index (χ2n) is 3.74. The van der Waals surface area contributed by atoms with Crippen LogP contribution < -0.4 is 5.32 Å². The van der Waals surface area contributed by atoms with E-state index in [2.05, 4.69) is 10.3 Å². The molecule has 6 heteroatoms. The smallest absolute Gasteiger partial charge is 0.188 e. The van der Waals surface area contributed by atoms with Crippen LogP contribution in [0.15, 0.2) is 18.2 Å². The van der Waals surface area contributed by atoms with E-state index in [0.717, 1.165) is 0 Å². The van der Waals surface area contributed by atoms with Crippen LogP contribution in [0.1, 0.15) is 22.3 Å². The molecule has 0 saturated heterocycles. The zero-order chi connectivity index (χ0) is 13.3. The van der Waals surface area contributed by atoms with Crippen LogP contribution in [0, 0.1) is 12.7 Å². The molecule has 1 N–H and O–H groups in total. The number of rotatable bonds is 3. The molecule has 0 aliphatic rings. The minimum atomic E-state index is -0.470. The van der Waals surface area contributed by atoms with Gasteiger partial charge in [0.2, 0.25) is 0 Å². The van der Waals surface area contributed by atoms with Gasteiger partial charge in [0.15, 0.2) is 10.9 Å². The van der Waals surface area contributed by atoms with E-state index in [1.165, 1.54) is 30.4 Å². The summed E-state index contributed by atoms with van der Waals surface area (Å²) in [6.45, 7) is 3.27. The number of ketones is 1. The highest BCUT2D eigenvalue weighted by atomic mass is 35.5. The van der Waals surface area contributed by atoms with Gasteiger partial charge in [-0.3, -0.25) is 4.79 Å². The topological polar surface area (TPSA) is 42.0 Å². The second kappa shape index (κ2) is 5.04. The highest BCUT2D eigenvalue weighted by Crippen LogP contribution is 2.27. The standard InChI is InChI=1S/C12H10ClFN2OS/c1-6-11(7(2)17)18-12(15-6)16-8-3-4-10(14)9(13)5-8/h3-5H,1-2H3,(H,15,16). The van der Waals surface area contributed by atoms with E-state index < -0.39 is 5.82 Å². The van der Waals surface area contributed by atoms with E-state index in [0.29, 0.717) is 21.4 Å². The molecule has 0 saturated carbocycles. The summed E-state index contributed by atoms with van der Waals surface area (Å²) in [7, 11) is 0. The summed E-state index contributed by atoms with van der Waals surface area (Å²) in [5.74, 6) is -0.489. The van der Waals surface area contributed by atoms with Crippen molar-refractivity contribution in [3.8, 4) is 0 Å². The third-order valence-corrected chi connectivity index (χ3v) is 3.75. The summed E-state index contributed by atoms with van der Waals surface area (Å²) in [6, 6.07) is 4.31. The number of carbonyl (C=O) groups is 1. The Bertz CT molecular complexity index is 612. The number of hydrogen-bond acceptors (Lipinski definition) is 4. The molecule has 0 atom stereocenters. The maximum Gasteiger partial charge on any atom is 0.188 e. The first-order valence-corrected chi connectivity index (χ1v) is 6.37. The van der Waals surface area contributed by atoms with Gasteiger partial charge in [0, 0.05) is 12.6 Å². The van der Waals surface area contributed by atoms with Crippen molar-refractivity contribution in [2.45, 2.75) is 13.8 Å². The highest BCUT2D eigenvalue weighted by Gasteiger charge is 2.11. The van der Waals surface area contributed by atoms with E-state index in [9.17, 15) is 9.18 Å². The minimum absolute atomic E-state index is 0.0183. The third-order valence-electron chi connectivity index (χ3n) is 2.29. The van der Waals surface area contributed by atoms with Crippen molar-refractivity contribution in [2.75, 3.05) is 5.32 Å². The molecule has 0 aliphatic carbocycles. The Morgan fingerprint density at radius 1 is 1.50 bits per heavy atom. The van der Waals surface area contributed by atoms with Crippen LogP contribution in [0.3, 0.4) is 0 Å². The monoisotopic (exact) mass is 284 g/mol. The lowest BCUT2D eigenvalue weighted by Gasteiger charge is -2.02. The van der Waals surface area contributed by atoms with Gasteiger partial charge in [-0.25, -0.2) is 9.37 Å². The van der Waals surface area contributed by atoms with Gasteiger partial charge in [-0.15, -0.1) is 0 Å². The molecule has 18 heavy (non-hydrogen) atoms. The van der Waals surface area contributed by atoms with Gasteiger partial charge >= 0.3 is 0 Å². The fourth-order valence-corrected chi connectivity index (χ4v) is 2.54. The quantitative estimate of drug-likeness (QED) is 0.859. The lowest BCUT2D eigenvalue weighted by molar-refractivity contribution is 0.102. The summed E-state index contributed by atoms with van der Waals surface area (Å²) in [5, 5.41) is 3.62. The number of hydrogen-bond donors (Lipinski definition) is 1. The van der Waals surface area contributed by atoms with Crippen LogP contribution in [0.25, 0.3) is 0 Å². The van der Waals surface area contributed by atoms with Gasteiger partial charge in [0.05, 0.1) is 15.6 Å². The molecule has 0 bridgehead atoms. The number of Topliss-reactive ketones (excluding diaryl/α,β-unsaturated/α-hetero) is 1. The zero-order valence-corrected chi connectivity index (χ0v) is 11.3. The second-order valence-corrected chi connectivity index (χ2v) is 5.15. The number of nitrogens with one attached hydrogen (secondary N) is 1. The summed E-state index contributed by atoms with van der Waals surface area (Å²) in [6.07, 6.45) is 0. The van der Waals surface area contributed by atoms with Crippen molar-refractivity contribution in [1.29, 1.82) is 0 Å². The van der Waals surface area contributed by atoms with Crippen molar-refractivity contribution >= 4 is 39.5 Å². The van der Waals surface area contributed by atoms with Crippen molar-refractivity contribution in [3.63, 3.8) is 0 Å². The van der Waals surface area contributed by atoms with Crippen LogP contribution in [-0.2, 0) is 0 Å². The average molecular weight is 285 g/mol. The Balaban J connectivity index is 2.26. The maximum absolute atomic E-state index is 13.0. The predicted octanol–water partition coefficient (Wildman–Crippen LogP) is 4.19. The van der Waals surface area contributed by atoms with Crippen LogP contribution >= 0.6 is 22.9 Å². The molecule has 0 fully saturated rings. The fraction of sp³-hybridized carbons (Fsp3) is 0.167. The maximum atomic E-state index is 13.0. The van der Waals surface area contributed by atoms with Crippen molar-refractivity contribution in [1.82, 2.24) is 4.98 Å². The van der Waals surface area contributed by atoms with Crippen LogP contribution in [0.2, 0.25) is 5.02 Å². The Morgan fingerprint density at radius 3 is 2.78 bits per heavy atom. The number of thiazole rings is 1. The number of anilines is 2. The van der Waals surface area contributed by atoms with Gasteiger partial charge in [-0.05, 0) is 25.1 Å². The molecule has 1 heterocycles. The predicted molar refractivity (Wildman–Crippen MR) is 71.5 cm³/mol. The SMILES string of the molecule is CC(=O)c1sc(Nc2ccc(F)c(Cl)c2)nc1C.